The summed E-state index contributed by atoms with van der Waals surface area (Å²) in [6, 6.07) is 3.48. The van der Waals surface area contributed by atoms with E-state index in [-0.39, 0.29) is 0 Å². The third kappa shape index (κ3) is 2.30. The predicted octanol–water partition coefficient (Wildman–Crippen LogP) is 0.926. The Morgan fingerprint density at radius 1 is 1.29 bits per heavy atom. The highest BCUT2D eigenvalue weighted by molar-refractivity contribution is 5.42. The highest BCUT2D eigenvalue weighted by atomic mass is 16.5. The van der Waals surface area contributed by atoms with E-state index >= 15 is 0 Å². The Bertz CT molecular complexity index is 510. The van der Waals surface area contributed by atoms with E-state index in [0.717, 1.165) is 5.69 Å². The summed E-state index contributed by atoms with van der Waals surface area (Å²) < 4.78 is 12.2. The third-order valence-electron chi connectivity index (χ3n) is 2.34. The molecule has 6 heteroatoms. The number of nitrogens with two attached hydrogens (primary N) is 1. The average molecular weight is 234 g/mol. The lowest BCUT2D eigenvalue weighted by molar-refractivity contribution is 0.348. The quantitative estimate of drug-likeness (QED) is 0.851. The molecule has 2 N–H and O–H groups in total. The van der Waals surface area contributed by atoms with Crippen molar-refractivity contribution in [3.05, 3.63) is 30.2 Å². The smallest absolute Gasteiger partial charge is 0.184 e. The minimum Gasteiger partial charge on any atom is -0.493 e. The van der Waals surface area contributed by atoms with E-state index in [0.29, 0.717) is 23.9 Å². The molecule has 0 atom stereocenters. The average Bonchev–Trinajstić information content (AvgIpc) is 2.74. The Kier molecular flexibility index (Phi) is 3.13. The molecule has 0 saturated heterocycles. The summed E-state index contributed by atoms with van der Waals surface area (Å²) in [5.74, 6) is 1.74. The first kappa shape index (κ1) is 11.3. The van der Waals surface area contributed by atoms with Crippen LogP contribution in [0.3, 0.4) is 0 Å². The number of pyridine rings is 1. The number of nitrogen functional groups attached to an aromatic ring is 1. The standard InChI is InChI=1S/C11H14N4O2/c1-16-9-3-5-13-8(11(9)17-2)7-15-6-4-10(12)14-15/h3-6H,7H2,1-2H3,(H2,12,14). The Hall–Kier alpha value is -2.24. The molecular weight excluding hydrogens is 220 g/mol. The Morgan fingerprint density at radius 2 is 2.12 bits per heavy atom. The molecule has 0 bridgehead atoms. The second-order valence-corrected chi connectivity index (χ2v) is 3.43. The lowest BCUT2D eigenvalue weighted by Crippen LogP contribution is -2.06. The highest BCUT2D eigenvalue weighted by Crippen LogP contribution is 2.29. The van der Waals surface area contributed by atoms with Gasteiger partial charge >= 0.3 is 0 Å². The van der Waals surface area contributed by atoms with Gasteiger partial charge in [-0.1, -0.05) is 0 Å². The maximum atomic E-state index is 5.55. The molecule has 2 aromatic rings. The van der Waals surface area contributed by atoms with Crippen LogP contribution in [-0.2, 0) is 6.54 Å². The topological polar surface area (TPSA) is 75.2 Å². The van der Waals surface area contributed by atoms with E-state index in [1.165, 1.54) is 0 Å². The number of nitrogens with zero attached hydrogens (tertiary/aromatic N) is 3. The largest absolute Gasteiger partial charge is 0.493 e. The van der Waals surface area contributed by atoms with Crippen LogP contribution in [0.2, 0.25) is 0 Å². The predicted molar refractivity (Wildman–Crippen MR) is 63.1 cm³/mol. The van der Waals surface area contributed by atoms with E-state index in [1.807, 2.05) is 0 Å². The van der Waals surface area contributed by atoms with Crippen molar-refractivity contribution in [1.29, 1.82) is 0 Å². The van der Waals surface area contributed by atoms with Crippen molar-refractivity contribution in [3.63, 3.8) is 0 Å². The Labute approximate surface area is 99.0 Å². The molecule has 0 radical (unpaired) electrons. The summed E-state index contributed by atoms with van der Waals surface area (Å²) in [4.78, 5) is 4.26. The molecule has 0 unspecified atom stereocenters. The van der Waals surface area contributed by atoms with Crippen LogP contribution in [0.15, 0.2) is 24.5 Å². The van der Waals surface area contributed by atoms with Gasteiger partial charge in [0.25, 0.3) is 0 Å². The van der Waals surface area contributed by atoms with Gasteiger partial charge in [-0.05, 0) is 6.07 Å². The molecule has 0 fully saturated rings. The van der Waals surface area contributed by atoms with E-state index < -0.39 is 0 Å². The third-order valence-corrected chi connectivity index (χ3v) is 2.34. The lowest BCUT2D eigenvalue weighted by atomic mass is 10.3. The van der Waals surface area contributed by atoms with Crippen molar-refractivity contribution in [2.75, 3.05) is 20.0 Å². The van der Waals surface area contributed by atoms with Crippen LogP contribution in [0.25, 0.3) is 0 Å². The number of rotatable bonds is 4. The van der Waals surface area contributed by atoms with Gasteiger partial charge in [-0.2, -0.15) is 5.10 Å². The molecule has 17 heavy (non-hydrogen) atoms. The monoisotopic (exact) mass is 234 g/mol. The van der Waals surface area contributed by atoms with Crippen molar-refractivity contribution >= 4 is 5.82 Å². The minimum absolute atomic E-state index is 0.479. The van der Waals surface area contributed by atoms with Gasteiger partial charge in [0.1, 0.15) is 11.5 Å². The van der Waals surface area contributed by atoms with Crippen LogP contribution in [0.1, 0.15) is 5.69 Å². The fourth-order valence-corrected chi connectivity index (χ4v) is 1.58. The first-order valence-corrected chi connectivity index (χ1v) is 5.09. The van der Waals surface area contributed by atoms with Crippen molar-refractivity contribution in [2.45, 2.75) is 6.54 Å². The van der Waals surface area contributed by atoms with Crippen LogP contribution in [0, 0.1) is 0 Å². The Balaban J connectivity index is 2.32. The number of aromatic nitrogens is 3. The normalized spacial score (nSPS) is 10.2. The molecule has 0 aliphatic carbocycles. The Morgan fingerprint density at radius 3 is 2.71 bits per heavy atom. The molecule has 2 rings (SSSR count). The summed E-state index contributed by atoms with van der Waals surface area (Å²) in [6.07, 6.45) is 3.46. The lowest BCUT2D eigenvalue weighted by Gasteiger charge is -2.11. The molecule has 0 saturated carbocycles. The number of hydrogen-bond donors (Lipinski definition) is 1. The number of ether oxygens (including phenoxy) is 2. The molecule has 0 aromatic carbocycles. The van der Waals surface area contributed by atoms with E-state index in [4.69, 9.17) is 15.2 Å². The summed E-state index contributed by atoms with van der Waals surface area (Å²) in [6.45, 7) is 0.484. The molecule has 90 valence electrons. The van der Waals surface area contributed by atoms with Crippen molar-refractivity contribution in [3.8, 4) is 11.5 Å². The second kappa shape index (κ2) is 4.73. The first-order valence-electron chi connectivity index (χ1n) is 5.09. The van der Waals surface area contributed by atoms with Crippen molar-refractivity contribution < 1.29 is 9.47 Å². The molecule has 2 heterocycles. The SMILES string of the molecule is COc1ccnc(Cn2ccc(N)n2)c1OC. The first-order chi connectivity index (χ1) is 8.24. The van der Waals surface area contributed by atoms with Crippen LogP contribution in [0.5, 0.6) is 11.5 Å². The molecule has 0 aliphatic rings. The number of anilines is 1. The number of methoxy groups -OCH3 is 2. The zero-order chi connectivity index (χ0) is 12.3. The second-order valence-electron chi connectivity index (χ2n) is 3.43. The molecule has 0 amide bonds. The van der Waals surface area contributed by atoms with Gasteiger partial charge in [0.05, 0.1) is 20.8 Å². The van der Waals surface area contributed by atoms with Crippen LogP contribution >= 0.6 is 0 Å². The zero-order valence-electron chi connectivity index (χ0n) is 9.75. The van der Waals surface area contributed by atoms with Gasteiger partial charge in [0.2, 0.25) is 0 Å². The fraction of sp³-hybridized carbons (Fsp3) is 0.273. The van der Waals surface area contributed by atoms with Gasteiger partial charge in [-0.3, -0.25) is 9.67 Å². The summed E-state index contributed by atoms with van der Waals surface area (Å²) in [5, 5.41) is 4.09. The highest BCUT2D eigenvalue weighted by Gasteiger charge is 2.11. The van der Waals surface area contributed by atoms with E-state index in [2.05, 4.69) is 10.1 Å². The van der Waals surface area contributed by atoms with Gasteiger partial charge in [-0.15, -0.1) is 0 Å². The van der Waals surface area contributed by atoms with Crippen molar-refractivity contribution in [2.24, 2.45) is 0 Å². The molecule has 6 nitrogen and oxygen atoms in total. The maximum Gasteiger partial charge on any atom is 0.184 e. The fourth-order valence-electron chi connectivity index (χ4n) is 1.58. The summed E-state index contributed by atoms with van der Waals surface area (Å²) in [5.41, 5.74) is 6.30. The molecule has 0 spiro atoms. The van der Waals surface area contributed by atoms with Gasteiger partial charge in [0, 0.05) is 18.5 Å². The summed E-state index contributed by atoms with van der Waals surface area (Å²) >= 11 is 0. The van der Waals surface area contributed by atoms with Gasteiger partial charge in [0.15, 0.2) is 11.5 Å². The van der Waals surface area contributed by atoms with E-state index in [9.17, 15) is 0 Å². The van der Waals surface area contributed by atoms with Crippen LogP contribution < -0.4 is 15.2 Å². The van der Waals surface area contributed by atoms with Crippen LogP contribution in [-0.4, -0.2) is 29.0 Å². The molecule has 0 aliphatic heterocycles. The van der Waals surface area contributed by atoms with Crippen molar-refractivity contribution in [1.82, 2.24) is 14.8 Å². The maximum absolute atomic E-state index is 5.55. The molecule has 2 aromatic heterocycles. The van der Waals surface area contributed by atoms with Gasteiger partial charge in [-0.25, -0.2) is 0 Å². The minimum atomic E-state index is 0.479. The zero-order valence-corrected chi connectivity index (χ0v) is 9.75. The number of hydrogen-bond acceptors (Lipinski definition) is 5. The van der Waals surface area contributed by atoms with Crippen LogP contribution in [0.4, 0.5) is 5.82 Å². The molecular formula is C11H14N4O2. The van der Waals surface area contributed by atoms with Gasteiger partial charge < -0.3 is 15.2 Å². The summed E-state index contributed by atoms with van der Waals surface area (Å²) in [7, 11) is 3.17. The van der Waals surface area contributed by atoms with E-state index in [1.54, 1.807) is 43.4 Å².